The number of carbonyl (C=O) groups excluding carboxylic acids is 1. The number of phenolic OH excluding ortho intramolecular Hbond substituents is 2. The van der Waals surface area contributed by atoms with Gasteiger partial charge in [0.25, 0.3) is 5.91 Å². The van der Waals surface area contributed by atoms with E-state index in [2.05, 4.69) is 10.3 Å². The number of H-pyrrole nitrogens is 1. The zero-order valence-electron chi connectivity index (χ0n) is 15.6. The molecule has 6 nitrogen and oxygen atoms in total. The number of hydrogen-bond donors (Lipinski definition) is 4. The predicted octanol–water partition coefficient (Wildman–Crippen LogP) is 4.34. The fourth-order valence-corrected chi connectivity index (χ4v) is 3.14. The third-order valence-electron chi connectivity index (χ3n) is 4.64. The first kappa shape index (κ1) is 18.4. The van der Waals surface area contributed by atoms with Crippen LogP contribution in [0.1, 0.15) is 15.9 Å². The summed E-state index contributed by atoms with van der Waals surface area (Å²) in [5.41, 5.74) is 2.45. The number of fused-ring (bicyclic) bond motifs is 1. The SMILES string of the molecule is O=C(NCCc1c[nH]c2c(Oc3ccc(O)cc3)cccc12)c1ccc(O)cc1. The number of ether oxygens (including phenoxy) is 1. The van der Waals surface area contributed by atoms with Gasteiger partial charge in [-0.3, -0.25) is 4.79 Å². The van der Waals surface area contributed by atoms with E-state index in [4.69, 9.17) is 4.74 Å². The van der Waals surface area contributed by atoms with Crippen molar-refractivity contribution in [3.05, 3.63) is 84.1 Å². The van der Waals surface area contributed by atoms with Crippen molar-refractivity contribution >= 4 is 16.8 Å². The molecule has 146 valence electrons. The topological polar surface area (TPSA) is 94.6 Å². The molecular formula is C23H20N2O4. The first-order chi connectivity index (χ1) is 14.1. The van der Waals surface area contributed by atoms with Crippen LogP contribution in [-0.2, 0) is 6.42 Å². The van der Waals surface area contributed by atoms with Crippen LogP contribution < -0.4 is 10.1 Å². The van der Waals surface area contributed by atoms with Gasteiger partial charge in [0.05, 0.1) is 5.52 Å². The number of rotatable bonds is 6. The number of amides is 1. The molecule has 4 aromatic rings. The Kier molecular flexibility index (Phi) is 5.07. The lowest BCUT2D eigenvalue weighted by molar-refractivity contribution is 0.0954. The second-order valence-corrected chi connectivity index (χ2v) is 6.64. The number of carbonyl (C=O) groups is 1. The Morgan fingerprint density at radius 3 is 2.34 bits per heavy atom. The van der Waals surface area contributed by atoms with E-state index in [9.17, 15) is 15.0 Å². The fourth-order valence-electron chi connectivity index (χ4n) is 3.14. The molecule has 1 amide bonds. The average molecular weight is 388 g/mol. The number of para-hydroxylation sites is 1. The van der Waals surface area contributed by atoms with Gasteiger partial charge < -0.3 is 25.3 Å². The van der Waals surface area contributed by atoms with Crippen LogP contribution in [0.25, 0.3) is 10.9 Å². The summed E-state index contributed by atoms with van der Waals surface area (Å²) in [4.78, 5) is 15.4. The molecular weight excluding hydrogens is 368 g/mol. The molecule has 0 aliphatic rings. The van der Waals surface area contributed by atoms with Gasteiger partial charge >= 0.3 is 0 Å². The third kappa shape index (κ3) is 4.16. The van der Waals surface area contributed by atoms with E-state index in [1.54, 1.807) is 36.4 Å². The molecule has 0 saturated carbocycles. The molecule has 0 atom stereocenters. The highest BCUT2D eigenvalue weighted by molar-refractivity contribution is 5.94. The molecule has 4 N–H and O–H groups in total. The quantitative estimate of drug-likeness (QED) is 0.395. The second kappa shape index (κ2) is 7.98. The van der Waals surface area contributed by atoms with Crippen LogP contribution in [0, 0.1) is 0 Å². The maximum absolute atomic E-state index is 12.2. The van der Waals surface area contributed by atoms with E-state index in [1.807, 2.05) is 24.4 Å². The van der Waals surface area contributed by atoms with Crippen molar-refractivity contribution < 1.29 is 19.7 Å². The molecule has 0 aliphatic heterocycles. The Bertz CT molecular complexity index is 1130. The standard InChI is InChI=1S/C23H20N2O4/c26-17-6-4-15(5-7-17)23(28)24-13-12-16-14-25-22-20(16)2-1-3-21(22)29-19-10-8-18(27)9-11-19/h1-11,14,25-27H,12-13H2,(H,24,28). The van der Waals surface area contributed by atoms with Crippen LogP contribution >= 0.6 is 0 Å². The number of phenols is 2. The first-order valence-electron chi connectivity index (χ1n) is 9.23. The van der Waals surface area contributed by atoms with Gasteiger partial charge in [0.15, 0.2) is 5.75 Å². The van der Waals surface area contributed by atoms with Crippen LogP contribution in [0.15, 0.2) is 72.9 Å². The lowest BCUT2D eigenvalue weighted by atomic mass is 10.1. The first-order valence-corrected chi connectivity index (χ1v) is 9.23. The summed E-state index contributed by atoms with van der Waals surface area (Å²) in [6.45, 7) is 0.482. The van der Waals surface area contributed by atoms with Crippen molar-refractivity contribution in [2.24, 2.45) is 0 Å². The Labute approximate surface area is 167 Å². The van der Waals surface area contributed by atoms with Crippen LogP contribution in [0.5, 0.6) is 23.0 Å². The maximum atomic E-state index is 12.2. The molecule has 0 bridgehead atoms. The lowest BCUT2D eigenvalue weighted by Gasteiger charge is -2.08. The molecule has 0 spiro atoms. The molecule has 6 heteroatoms. The summed E-state index contributed by atoms with van der Waals surface area (Å²) in [6, 6.07) is 18.5. The number of nitrogens with one attached hydrogen (secondary N) is 2. The summed E-state index contributed by atoms with van der Waals surface area (Å²) in [5, 5.41) is 22.6. The number of benzene rings is 3. The normalized spacial score (nSPS) is 10.8. The summed E-state index contributed by atoms with van der Waals surface area (Å²) in [6.07, 6.45) is 2.58. The van der Waals surface area contributed by atoms with Gasteiger partial charge in [-0.25, -0.2) is 0 Å². The van der Waals surface area contributed by atoms with E-state index in [1.165, 1.54) is 12.1 Å². The average Bonchev–Trinajstić information content (AvgIpc) is 3.14. The van der Waals surface area contributed by atoms with Gasteiger partial charge in [-0.2, -0.15) is 0 Å². The van der Waals surface area contributed by atoms with Gasteiger partial charge in [-0.05, 0) is 66.6 Å². The van der Waals surface area contributed by atoms with E-state index in [0.29, 0.717) is 30.0 Å². The van der Waals surface area contributed by atoms with Crippen molar-refractivity contribution in [3.63, 3.8) is 0 Å². The summed E-state index contributed by atoms with van der Waals surface area (Å²) in [5.74, 6) is 1.46. The van der Waals surface area contributed by atoms with E-state index >= 15 is 0 Å². The fraction of sp³-hybridized carbons (Fsp3) is 0.0870. The highest BCUT2D eigenvalue weighted by Gasteiger charge is 2.10. The van der Waals surface area contributed by atoms with Crippen LogP contribution in [0.4, 0.5) is 0 Å². The highest BCUT2D eigenvalue weighted by Crippen LogP contribution is 2.31. The van der Waals surface area contributed by atoms with Crippen molar-refractivity contribution in [1.29, 1.82) is 0 Å². The van der Waals surface area contributed by atoms with Crippen LogP contribution in [0.3, 0.4) is 0 Å². The minimum absolute atomic E-state index is 0.130. The van der Waals surface area contributed by atoms with Crippen molar-refractivity contribution in [2.45, 2.75) is 6.42 Å². The Morgan fingerprint density at radius 1 is 0.931 bits per heavy atom. The minimum Gasteiger partial charge on any atom is -0.508 e. The van der Waals surface area contributed by atoms with Gasteiger partial charge in [0.1, 0.15) is 17.2 Å². The molecule has 0 radical (unpaired) electrons. The van der Waals surface area contributed by atoms with Gasteiger partial charge in [0, 0.05) is 23.7 Å². The van der Waals surface area contributed by atoms with Gasteiger partial charge in [-0.15, -0.1) is 0 Å². The lowest BCUT2D eigenvalue weighted by Crippen LogP contribution is -2.25. The largest absolute Gasteiger partial charge is 0.508 e. The van der Waals surface area contributed by atoms with Gasteiger partial charge in [0.2, 0.25) is 0 Å². The van der Waals surface area contributed by atoms with E-state index in [-0.39, 0.29) is 17.4 Å². The molecule has 3 aromatic carbocycles. The Hall–Kier alpha value is -3.93. The number of aromatic amines is 1. The molecule has 0 saturated heterocycles. The highest BCUT2D eigenvalue weighted by atomic mass is 16.5. The number of aromatic nitrogens is 1. The van der Waals surface area contributed by atoms with Crippen LogP contribution in [0.2, 0.25) is 0 Å². The minimum atomic E-state index is -0.179. The molecule has 1 heterocycles. The monoisotopic (exact) mass is 388 g/mol. The summed E-state index contributed by atoms with van der Waals surface area (Å²) < 4.78 is 5.94. The summed E-state index contributed by atoms with van der Waals surface area (Å²) in [7, 11) is 0. The molecule has 1 aromatic heterocycles. The smallest absolute Gasteiger partial charge is 0.251 e. The zero-order valence-corrected chi connectivity index (χ0v) is 15.6. The molecule has 0 aliphatic carbocycles. The molecule has 4 rings (SSSR count). The Morgan fingerprint density at radius 2 is 1.62 bits per heavy atom. The number of hydrogen-bond acceptors (Lipinski definition) is 4. The maximum Gasteiger partial charge on any atom is 0.251 e. The van der Waals surface area contributed by atoms with Crippen molar-refractivity contribution in [2.75, 3.05) is 6.54 Å². The second-order valence-electron chi connectivity index (χ2n) is 6.64. The van der Waals surface area contributed by atoms with Crippen molar-refractivity contribution in [1.82, 2.24) is 10.3 Å². The third-order valence-corrected chi connectivity index (χ3v) is 4.64. The van der Waals surface area contributed by atoms with Crippen LogP contribution in [-0.4, -0.2) is 27.6 Å². The van der Waals surface area contributed by atoms with Gasteiger partial charge in [-0.1, -0.05) is 12.1 Å². The van der Waals surface area contributed by atoms with E-state index < -0.39 is 0 Å². The molecule has 29 heavy (non-hydrogen) atoms. The molecule has 0 fully saturated rings. The zero-order chi connectivity index (χ0) is 20.2. The van der Waals surface area contributed by atoms with Crippen molar-refractivity contribution in [3.8, 4) is 23.0 Å². The van der Waals surface area contributed by atoms with E-state index in [0.717, 1.165) is 16.5 Å². The molecule has 0 unspecified atom stereocenters. The summed E-state index contributed by atoms with van der Waals surface area (Å²) >= 11 is 0. The predicted molar refractivity (Wildman–Crippen MR) is 111 cm³/mol. The Balaban J connectivity index is 1.44. The number of aromatic hydroxyl groups is 2.